The molecular formula is C12H20N2O5. The fraction of sp³-hybridized carbons (Fsp3) is 0.750. The normalized spacial score (nSPS) is 19.9. The zero-order valence-corrected chi connectivity index (χ0v) is 11.2. The summed E-state index contributed by atoms with van der Waals surface area (Å²) in [5, 5.41) is 20.6. The lowest BCUT2D eigenvalue weighted by Gasteiger charge is -2.27. The lowest BCUT2D eigenvalue weighted by molar-refractivity contribution is -0.156. The average molecular weight is 272 g/mol. The number of amides is 2. The van der Waals surface area contributed by atoms with Crippen molar-refractivity contribution < 1.29 is 24.6 Å². The van der Waals surface area contributed by atoms with Crippen molar-refractivity contribution in [3.05, 3.63) is 0 Å². The van der Waals surface area contributed by atoms with Crippen LogP contribution >= 0.6 is 0 Å². The standard InChI is InChI=1S/C12H20N2O5/c1-3-8(14-6-4-5-9(14)15)10(16)13-7-12(2,19)11(17)18/h8,19H,3-7H2,1-2H3,(H,13,16)(H,17,18). The number of carbonyl (C=O) groups excluding carboxylic acids is 2. The van der Waals surface area contributed by atoms with Gasteiger partial charge in [-0.3, -0.25) is 9.59 Å². The van der Waals surface area contributed by atoms with Gasteiger partial charge in [0.15, 0.2) is 5.60 Å². The van der Waals surface area contributed by atoms with Crippen LogP contribution in [0.4, 0.5) is 0 Å². The van der Waals surface area contributed by atoms with Crippen LogP contribution in [0.25, 0.3) is 0 Å². The maximum Gasteiger partial charge on any atom is 0.337 e. The monoisotopic (exact) mass is 272 g/mol. The number of hydrogen-bond donors (Lipinski definition) is 3. The van der Waals surface area contributed by atoms with Gasteiger partial charge >= 0.3 is 5.97 Å². The van der Waals surface area contributed by atoms with Gasteiger partial charge in [0.25, 0.3) is 0 Å². The fourth-order valence-corrected chi connectivity index (χ4v) is 2.00. The van der Waals surface area contributed by atoms with Crippen molar-refractivity contribution in [2.24, 2.45) is 0 Å². The lowest BCUT2D eigenvalue weighted by Crippen LogP contribution is -2.52. The molecule has 1 aliphatic rings. The molecular weight excluding hydrogens is 252 g/mol. The Kier molecular flexibility index (Phi) is 4.88. The summed E-state index contributed by atoms with van der Waals surface area (Å²) in [7, 11) is 0. The topological polar surface area (TPSA) is 107 Å². The van der Waals surface area contributed by atoms with E-state index < -0.39 is 23.5 Å². The van der Waals surface area contributed by atoms with Crippen LogP contribution in [0.15, 0.2) is 0 Å². The van der Waals surface area contributed by atoms with Gasteiger partial charge in [0.1, 0.15) is 6.04 Å². The summed E-state index contributed by atoms with van der Waals surface area (Å²) in [6.07, 6.45) is 1.62. The predicted molar refractivity (Wildman–Crippen MR) is 66.3 cm³/mol. The minimum Gasteiger partial charge on any atom is -0.479 e. The molecule has 2 amide bonds. The number of carboxylic acids is 1. The second-order valence-electron chi connectivity index (χ2n) is 4.91. The largest absolute Gasteiger partial charge is 0.479 e. The number of hydrogen-bond acceptors (Lipinski definition) is 4. The van der Waals surface area contributed by atoms with E-state index in [4.69, 9.17) is 5.11 Å². The molecule has 19 heavy (non-hydrogen) atoms. The van der Waals surface area contributed by atoms with Crippen LogP contribution in [-0.2, 0) is 14.4 Å². The first-order chi connectivity index (χ1) is 8.79. The molecule has 108 valence electrons. The third-order valence-corrected chi connectivity index (χ3v) is 3.24. The minimum absolute atomic E-state index is 0.0630. The molecule has 0 aromatic rings. The van der Waals surface area contributed by atoms with Crippen molar-refractivity contribution in [1.82, 2.24) is 10.2 Å². The van der Waals surface area contributed by atoms with Gasteiger partial charge in [0.05, 0.1) is 6.54 Å². The summed E-state index contributed by atoms with van der Waals surface area (Å²) in [6.45, 7) is 3.04. The Labute approximate surface area is 111 Å². The van der Waals surface area contributed by atoms with Crippen LogP contribution in [0.2, 0.25) is 0 Å². The SMILES string of the molecule is CCC(C(=O)NCC(C)(O)C(=O)O)N1CCCC1=O. The van der Waals surface area contributed by atoms with Gasteiger partial charge in [-0.25, -0.2) is 4.79 Å². The Morgan fingerprint density at radius 1 is 1.53 bits per heavy atom. The molecule has 1 heterocycles. The molecule has 1 fully saturated rings. The first-order valence-electron chi connectivity index (χ1n) is 6.32. The Morgan fingerprint density at radius 2 is 2.16 bits per heavy atom. The minimum atomic E-state index is -2.01. The summed E-state index contributed by atoms with van der Waals surface area (Å²) in [5.41, 5.74) is -2.01. The van der Waals surface area contributed by atoms with Crippen molar-refractivity contribution in [2.75, 3.05) is 13.1 Å². The highest BCUT2D eigenvalue weighted by Crippen LogP contribution is 2.16. The molecule has 0 saturated carbocycles. The smallest absolute Gasteiger partial charge is 0.337 e. The highest BCUT2D eigenvalue weighted by molar-refractivity contribution is 5.89. The Bertz CT molecular complexity index is 380. The van der Waals surface area contributed by atoms with Crippen LogP contribution < -0.4 is 5.32 Å². The molecule has 1 rings (SSSR count). The Morgan fingerprint density at radius 3 is 2.58 bits per heavy atom. The zero-order valence-electron chi connectivity index (χ0n) is 11.2. The number of rotatable bonds is 6. The van der Waals surface area contributed by atoms with Crippen molar-refractivity contribution in [3.8, 4) is 0 Å². The average Bonchev–Trinajstić information content (AvgIpc) is 2.74. The van der Waals surface area contributed by atoms with Crippen LogP contribution in [0.1, 0.15) is 33.1 Å². The van der Waals surface area contributed by atoms with Gasteiger partial charge in [0, 0.05) is 13.0 Å². The number of aliphatic carboxylic acids is 1. The van der Waals surface area contributed by atoms with Crippen LogP contribution in [0, 0.1) is 0 Å². The van der Waals surface area contributed by atoms with Gasteiger partial charge in [-0.1, -0.05) is 6.92 Å². The third kappa shape index (κ3) is 3.66. The molecule has 0 aliphatic carbocycles. The second-order valence-corrected chi connectivity index (χ2v) is 4.91. The summed E-state index contributed by atoms with van der Waals surface area (Å²) in [6, 6.07) is -0.598. The van der Waals surface area contributed by atoms with Crippen LogP contribution in [-0.4, -0.2) is 57.6 Å². The van der Waals surface area contributed by atoms with Crippen molar-refractivity contribution in [1.29, 1.82) is 0 Å². The van der Waals surface area contributed by atoms with Crippen LogP contribution in [0.5, 0.6) is 0 Å². The molecule has 2 atom stereocenters. The summed E-state index contributed by atoms with van der Waals surface area (Å²) >= 11 is 0. The molecule has 0 aromatic heterocycles. The predicted octanol–water partition coefficient (Wildman–Crippen LogP) is -0.661. The van der Waals surface area contributed by atoms with Crippen LogP contribution in [0.3, 0.4) is 0 Å². The van der Waals surface area contributed by atoms with E-state index >= 15 is 0 Å². The maximum atomic E-state index is 12.0. The van der Waals surface area contributed by atoms with E-state index in [0.717, 1.165) is 13.3 Å². The van der Waals surface area contributed by atoms with E-state index in [1.807, 2.05) is 0 Å². The third-order valence-electron chi connectivity index (χ3n) is 3.24. The van der Waals surface area contributed by atoms with Crippen molar-refractivity contribution in [2.45, 2.75) is 44.8 Å². The van der Waals surface area contributed by atoms with E-state index in [0.29, 0.717) is 19.4 Å². The summed E-state index contributed by atoms with van der Waals surface area (Å²) in [4.78, 5) is 35.8. The molecule has 1 aliphatic heterocycles. The maximum absolute atomic E-state index is 12.0. The van der Waals surface area contributed by atoms with Gasteiger partial charge in [-0.05, 0) is 19.8 Å². The number of carbonyl (C=O) groups is 3. The fourth-order valence-electron chi connectivity index (χ4n) is 2.00. The summed E-state index contributed by atoms with van der Waals surface area (Å²) in [5.74, 6) is -1.90. The van der Waals surface area contributed by atoms with Gasteiger partial charge < -0.3 is 20.4 Å². The first kappa shape index (κ1) is 15.4. The molecule has 7 heteroatoms. The molecule has 3 N–H and O–H groups in total. The molecule has 7 nitrogen and oxygen atoms in total. The Hall–Kier alpha value is -1.63. The van der Waals surface area contributed by atoms with Crippen molar-refractivity contribution >= 4 is 17.8 Å². The van der Waals surface area contributed by atoms with E-state index in [2.05, 4.69) is 5.32 Å². The molecule has 0 aromatic carbocycles. The Balaban J connectivity index is 2.60. The number of aliphatic hydroxyl groups is 1. The molecule has 0 spiro atoms. The van der Waals surface area contributed by atoms with Gasteiger partial charge in [-0.2, -0.15) is 0 Å². The highest BCUT2D eigenvalue weighted by Gasteiger charge is 2.34. The second kappa shape index (κ2) is 6.01. The van der Waals surface area contributed by atoms with E-state index in [-0.39, 0.29) is 12.5 Å². The number of carboxylic acid groups (broad SMARTS) is 1. The quantitative estimate of drug-likeness (QED) is 0.595. The molecule has 1 saturated heterocycles. The van der Waals surface area contributed by atoms with Gasteiger partial charge in [0.2, 0.25) is 11.8 Å². The van der Waals surface area contributed by atoms with E-state index in [1.54, 1.807) is 6.92 Å². The lowest BCUT2D eigenvalue weighted by atomic mass is 10.1. The summed E-state index contributed by atoms with van der Waals surface area (Å²) < 4.78 is 0. The molecule has 2 unspecified atom stereocenters. The number of nitrogens with zero attached hydrogens (tertiary/aromatic N) is 1. The van der Waals surface area contributed by atoms with Gasteiger partial charge in [-0.15, -0.1) is 0 Å². The first-order valence-corrected chi connectivity index (χ1v) is 6.32. The number of likely N-dealkylation sites (tertiary alicyclic amines) is 1. The molecule has 0 bridgehead atoms. The van der Waals surface area contributed by atoms with E-state index in [9.17, 15) is 19.5 Å². The molecule has 0 radical (unpaired) electrons. The van der Waals surface area contributed by atoms with E-state index in [1.165, 1.54) is 4.90 Å². The van der Waals surface area contributed by atoms with Crippen molar-refractivity contribution in [3.63, 3.8) is 0 Å². The zero-order chi connectivity index (χ0) is 14.6. The highest BCUT2D eigenvalue weighted by atomic mass is 16.4. The number of nitrogens with one attached hydrogen (secondary N) is 1.